The molecule has 3 rings (SSSR count). The number of carbonyl (C=O) groups is 4. The van der Waals surface area contributed by atoms with Gasteiger partial charge in [0.25, 0.3) is 5.91 Å². The van der Waals surface area contributed by atoms with E-state index in [-0.39, 0.29) is 24.2 Å². The highest BCUT2D eigenvalue weighted by Crippen LogP contribution is 2.35. The molecular formula is C32H40N4O6. The molecule has 0 radical (unpaired) electrons. The van der Waals surface area contributed by atoms with E-state index in [4.69, 9.17) is 10.5 Å². The lowest BCUT2D eigenvalue weighted by Crippen LogP contribution is -2.58. The number of hydrogen-bond acceptors (Lipinski definition) is 6. The third-order valence-corrected chi connectivity index (χ3v) is 6.38. The average molecular weight is 577 g/mol. The summed E-state index contributed by atoms with van der Waals surface area (Å²) in [5.74, 6) is -2.09. The first-order valence-electron chi connectivity index (χ1n) is 13.8. The predicted molar refractivity (Wildman–Crippen MR) is 162 cm³/mol. The van der Waals surface area contributed by atoms with Crippen molar-refractivity contribution in [2.24, 2.45) is 5.73 Å². The molecule has 2 unspecified atom stereocenters. The summed E-state index contributed by atoms with van der Waals surface area (Å²) in [5.41, 5.74) is 4.22. The summed E-state index contributed by atoms with van der Waals surface area (Å²) in [5, 5.41) is 18.2. The summed E-state index contributed by atoms with van der Waals surface area (Å²) in [6, 6.07) is 16.8. The van der Waals surface area contributed by atoms with Gasteiger partial charge in [-0.1, -0.05) is 48.5 Å². The van der Waals surface area contributed by atoms with Crippen LogP contribution in [0.5, 0.6) is 5.75 Å². The van der Waals surface area contributed by atoms with E-state index in [9.17, 15) is 24.3 Å². The van der Waals surface area contributed by atoms with Crippen LogP contribution in [0.2, 0.25) is 0 Å². The van der Waals surface area contributed by atoms with Crippen LogP contribution in [0.3, 0.4) is 0 Å². The number of nitrogens with two attached hydrogens (primary N) is 1. The molecule has 4 amide bonds. The van der Waals surface area contributed by atoms with E-state index < -0.39 is 47.0 Å². The number of anilines is 1. The number of phenols is 1. The van der Waals surface area contributed by atoms with Crippen LogP contribution >= 0.6 is 0 Å². The number of phenolic OH excluding ortho intramolecular Hbond substituents is 1. The minimum absolute atomic E-state index is 0.125. The molecule has 3 aromatic rings. The molecule has 0 saturated carbocycles. The number of aromatic hydroxyl groups is 1. The number of para-hydroxylation sites is 1. The van der Waals surface area contributed by atoms with Crippen molar-refractivity contribution in [2.75, 3.05) is 5.32 Å². The van der Waals surface area contributed by atoms with E-state index in [1.54, 1.807) is 65.8 Å². The maximum absolute atomic E-state index is 14.3. The highest BCUT2D eigenvalue weighted by molar-refractivity contribution is 6.01. The molecular weight excluding hydrogens is 536 g/mol. The minimum Gasteiger partial charge on any atom is -0.508 e. The summed E-state index contributed by atoms with van der Waals surface area (Å²) in [4.78, 5) is 54.1. The molecule has 0 fully saturated rings. The van der Waals surface area contributed by atoms with Crippen molar-refractivity contribution in [3.8, 4) is 5.75 Å². The van der Waals surface area contributed by atoms with Gasteiger partial charge in [-0.3, -0.25) is 14.4 Å². The number of carbonyl (C=O) groups excluding carboxylic acids is 4. The summed E-state index contributed by atoms with van der Waals surface area (Å²) in [7, 11) is 0. The molecule has 0 aliphatic carbocycles. The van der Waals surface area contributed by atoms with Gasteiger partial charge in [0.05, 0.1) is 0 Å². The molecule has 0 bridgehead atoms. The largest absolute Gasteiger partial charge is 0.508 e. The van der Waals surface area contributed by atoms with Crippen molar-refractivity contribution >= 4 is 40.3 Å². The molecule has 3 aromatic carbocycles. The fraction of sp³-hybridized carbons (Fsp3) is 0.375. The fourth-order valence-corrected chi connectivity index (χ4v) is 4.60. The van der Waals surface area contributed by atoms with E-state index in [1.807, 2.05) is 36.4 Å². The maximum Gasteiger partial charge on any atom is 0.408 e. The van der Waals surface area contributed by atoms with Crippen LogP contribution in [-0.2, 0) is 19.1 Å². The molecule has 0 aromatic heterocycles. The van der Waals surface area contributed by atoms with Gasteiger partial charge in [0, 0.05) is 23.2 Å². The van der Waals surface area contributed by atoms with Crippen LogP contribution in [0.4, 0.5) is 10.5 Å². The molecule has 0 spiro atoms. The van der Waals surface area contributed by atoms with E-state index in [1.165, 1.54) is 11.0 Å². The Morgan fingerprint density at radius 1 is 0.905 bits per heavy atom. The summed E-state index contributed by atoms with van der Waals surface area (Å²) >= 11 is 0. The molecule has 2 atom stereocenters. The lowest BCUT2D eigenvalue weighted by Gasteiger charge is -2.43. The lowest BCUT2D eigenvalue weighted by atomic mass is 9.94. The Kier molecular flexibility index (Phi) is 9.83. The molecule has 224 valence electrons. The van der Waals surface area contributed by atoms with E-state index >= 15 is 0 Å². The van der Waals surface area contributed by atoms with E-state index in [0.29, 0.717) is 5.69 Å². The first-order valence-corrected chi connectivity index (χ1v) is 13.8. The predicted octanol–water partition coefficient (Wildman–Crippen LogP) is 5.01. The molecule has 0 aliphatic heterocycles. The minimum atomic E-state index is -1.32. The Bertz CT molecular complexity index is 1460. The number of ether oxygens (including phenoxy) is 1. The molecule has 0 saturated heterocycles. The zero-order valence-corrected chi connectivity index (χ0v) is 24.9. The molecule has 0 heterocycles. The monoisotopic (exact) mass is 576 g/mol. The van der Waals surface area contributed by atoms with Crippen molar-refractivity contribution < 1.29 is 29.0 Å². The number of alkyl carbamates (subject to hydrolysis) is 1. The van der Waals surface area contributed by atoms with Gasteiger partial charge in [-0.05, 0) is 76.9 Å². The second-order valence-electron chi connectivity index (χ2n) is 12.1. The quantitative estimate of drug-likeness (QED) is 0.281. The van der Waals surface area contributed by atoms with Crippen molar-refractivity contribution in [2.45, 2.75) is 77.6 Å². The van der Waals surface area contributed by atoms with Crippen LogP contribution < -0.4 is 16.4 Å². The van der Waals surface area contributed by atoms with Crippen molar-refractivity contribution in [1.82, 2.24) is 10.2 Å². The highest BCUT2D eigenvalue weighted by atomic mass is 16.6. The van der Waals surface area contributed by atoms with Crippen LogP contribution in [0.25, 0.3) is 10.8 Å². The number of benzene rings is 3. The van der Waals surface area contributed by atoms with Crippen molar-refractivity contribution in [1.29, 1.82) is 0 Å². The Labute approximate surface area is 246 Å². The Balaban J connectivity index is 2.08. The van der Waals surface area contributed by atoms with Gasteiger partial charge in [0.1, 0.15) is 23.4 Å². The number of hydrogen-bond donors (Lipinski definition) is 4. The van der Waals surface area contributed by atoms with E-state index in [0.717, 1.165) is 10.8 Å². The van der Waals surface area contributed by atoms with E-state index in [2.05, 4.69) is 10.6 Å². The van der Waals surface area contributed by atoms with Crippen LogP contribution in [0.1, 0.15) is 66.0 Å². The summed E-state index contributed by atoms with van der Waals surface area (Å²) < 4.78 is 5.36. The summed E-state index contributed by atoms with van der Waals surface area (Å²) in [6.07, 6.45) is -1.19. The molecule has 42 heavy (non-hydrogen) atoms. The number of amides is 4. The van der Waals surface area contributed by atoms with Crippen molar-refractivity contribution in [3.63, 3.8) is 0 Å². The first-order chi connectivity index (χ1) is 19.6. The lowest BCUT2D eigenvalue weighted by molar-refractivity contribution is -0.147. The number of nitrogens with one attached hydrogen (secondary N) is 2. The average Bonchev–Trinajstić information content (AvgIpc) is 2.87. The topological polar surface area (TPSA) is 151 Å². The Morgan fingerprint density at radius 3 is 2.12 bits per heavy atom. The second-order valence-corrected chi connectivity index (χ2v) is 12.1. The SMILES string of the molecule is CC(C)(C)OC(=O)NC(CCC(N)=O)C(=O)N(C(C(=O)Nc1ccc2ccccc2c1)c1ccccc1O)C(C)(C)C. The number of nitrogens with zero attached hydrogens (tertiary/aromatic N) is 1. The van der Waals surface area contributed by atoms with Gasteiger partial charge < -0.3 is 31.1 Å². The van der Waals surface area contributed by atoms with Gasteiger partial charge in [-0.25, -0.2) is 4.79 Å². The van der Waals surface area contributed by atoms with Crippen LogP contribution in [0.15, 0.2) is 66.7 Å². The van der Waals surface area contributed by atoms with Crippen LogP contribution in [-0.4, -0.2) is 51.0 Å². The fourth-order valence-electron chi connectivity index (χ4n) is 4.60. The third-order valence-electron chi connectivity index (χ3n) is 6.38. The van der Waals surface area contributed by atoms with Gasteiger partial charge in [-0.15, -0.1) is 0 Å². The second kappa shape index (κ2) is 12.9. The van der Waals surface area contributed by atoms with Crippen LogP contribution in [0, 0.1) is 0 Å². The van der Waals surface area contributed by atoms with Crippen molar-refractivity contribution in [3.05, 3.63) is 72.3 Å². The number of fused-ring (bicyclic) bond motifs is 1. The molecule has 10 heteroatoms. The smallest absolute Gasteiger partial charge is 0.408 e. The third kappa shape index (κ3) is 8.45. The molecule has 10 nitrogen and oxygen atoms in total. The Hall–Kier alpha value is -4.60. The molecule has 0 aliphatic rings. The standard InChI is InChI=1S/C32H40N4O6/c1-31(2,3)36(29(40)24(17-18-26(33)38)35-30(41)42-32(4,5)6)27(23-13-9-10-14-25(23)37)28(39)34-22-16-15-20-11-7-8-12-21(20)19-22/h7-16,19,24,27,37H,17-18H2,1-6H3,(H2,33,38)(H,34,39)(H,35,41). The summed E-state index contributed by atoms with van der Waals surface area (Å²) in [6.45, 7) is 10.2. The molecule has 5 N–H and O–H groups in total. The maximum atomic E-state index is 14.3. The number of primary amides is 1. The normalized spacial score (nSPS) is 13.1. The Morgan fingerprint density at radius 2 is 1.52 bits per heavy atom. The number of rotatable bonds is 9. The van der Waals surface area contributed by atoms with Gasteiger partial charge in [0.2, 0.25) is 11.8 Å². The van der Waals surface area contributed by atoms with Gasteiger partial charge in [-0.2, -0.15) is 0 Å². The first kappa shape index (κ1) is 31.9. The van der Waals surface area contributed by atoms with Gasteiger partial charge >= 0.3 is 6.09 Å². The zero-order chi connectivity index (χ0) is 31.2. The highest BCUT2D eigenvalue weighted by Gasteiger charge is 2.42. The zero-order valence-electron chi connectivity index (χ0n) is 24.9. The van der Waals surface area contributed by atoms with Gasteiger partial charge in [0.15, 0.2) is 0 Å².